The lowest BCUT2D eigenvalue weighted by atomic mass is 10.0. The molecule has 2 atom stereocenters. The molecule has 3 N–H and O–H groups in total. The molecule has 0 aromatic carbocycles. The minimum Gasteiger partial charge on any atom is -0.466 e. The van der Waals surface area contributed by atoms with E-state index in [1.807, 2.05) is 6.08 Å². The first-order chi connectivity index (χ1) is 40.5. The summed E-state index contributed by atoms with van der Waals surface area (Å²) < 4.78 is 5.50. The molecular weight excluding hydrogens is 1010 g/mol. The minimum absolute atomic E-state index is 0.0104. The number of carbonyl (C=O) groups is 2. The van der Waals surface area contributed by atoms with Crippen LogP contribution in [0.5, 0.6) is 0 Å². The lowest BCUT2D eigenvalue weighted by Gasteiger charge is -2.20. The molecule has 0 aromatic rings. The number of nitrogens with one attached hydrogen (secondary N) is 1. The van der Waals surface area contributed by atoms with E-state index in [1.165, 1.54) is 321 Å². The largest absolute Gasteiger partial charge is 0.466 e. The first-order valence-corrected chi connectivity index (χ1v) is 36.9. The number of hydrogen-bond acceptors (Lipinski definition) is 5. The number of hydrogen-bond donors (Lipinski definition) is 3. The van der Waals surface area contributed by atoms with Gasteiger partial charge in [-0.25, -0.2) is 0 Å². The molecule has 6 heteroatoms. The van der Waals surface area contributed by atoms with E-state index < -0.39 is 12.1 Å². The van der Waals surface area contributed by atoms with Gasteiger partial charge in [0.2, 0.25) is 5.91 Å². The molecule has 82 heavy (non-hydrogen) atoms. The van der Waals surface area contributed by atoms with Gasteiger partial charge < -0.3 is 20.3 Å². The standard InChI is InChI=1S/C76H143NO5/c1-3-5-7-9-11-13-15-17-19-37-42-46-50-54-58-62-66-70-76(81)82-71-67-63-59-55-51-47-43-39-36-34-32-30-28-26-24-22-21-23-25-27-29-31-33-35-38-41-45-49-53-57-61-65-69-75(80)77-73(72-78)74(79)68-64-60-56-52-48-44-40-20-18-16-14-12-10-8-6-4-2/h11,13,17,19,24,26,64,68,73-74,78-79H,3-10,12,14-16,18,20-23,25,27-63,65-67,69-72H2,1-2H3,(H,77,80)/b13-11-,19-17-,26-24-,68-64+. The quantitative estimate of drug-likeness (QED) is 0.0320. The van der Waals surface area contributed by atoms with Crippen molar-refractivity contribution in [1.82, 2.24) is 5.32 Å². The molecule has 6 nitrogen and oxygen atoms in total. The maximum Gasteiger partial charge on any atom is 0.305 e. The van der Waals surface area contributed by atoms with E-state index in [9.17, 15) is 19.8 Å². The summed E-state index contributed by atoms with van der Waals surface area (Å²) >= 11 is 0. The fraction of sp³-hybridized carbons (Fsp3) is 0.868. The van der Waals surface area contributed by atoms with E-state index in [4.69, 9.17) is 4.74 Å². The monoisotopic (exact) mass is 1150 g/mol. The zero-order valence-electron chi connectivity index (χ0n) is 55.2. The third-order valence-corrected chi connectivity index (χ3v) is 17.1. The highest BCUT2D eigenvalue weighted by Gasteiger charge is 2.18. The molecule has 0 aliphatic heterocycles. The van der Waals surface area contributed by atoms with E-state index in [0.717, 1.165) is 51.4 Å². The Hall–Kier alpha value is -2.18. The van der Waals surface area contributed by atoms with Crippen LogP contribution in [0.15, 0.2) is 48.6 Å². The predicted octanol–water partition coefficient (Wildman–Crippen LogP) is 24.0. The molecule has 482 valence electrons. The summed E-state index contributed by atoms with van der Waals surface area (Å²) in [5.74, 6) is -0.0527. The number of amides is 1. The molecular formula is C76H143NO5. The van der Waals surface area contributed by atoms with Crippen LogP contribution in [0, 0.1) is 0 Å². The number of ether oxygens (including phenoxy) is 1. The molecule has 0 heterocycles. The van der Waals surface area contributed by atoms with Gasteiger partial charge in [0.25, 0.3) is 0 Å². The van der Waals surface area contributed by atoms with E-state index in [0.29, 0.717) is 19.4 Å². The fourth-order valence-corrected chi connectivity index (χ4v) is 11.4. The van der Waals surface area contributed by atoms with E-state index in [1.54, 1.807) is 6.08 Å². The van der Waals surface area contributed by atoms with Crippen LogP contribution in [0.4, 0.5) is 0 Å². The summed E-state index contributed by atoms with van der Waals surface area (Å²) in [6.45, 7) is 4.91. The third kappa shape index (κ3) is 67.0. The molecule has 0 bridgehead atoms. The van der Waals surface area contributed by atoms with Gasteiger partial charge in [-0.05, 0) is 89.9 Å². The molecule has 0 aliphatic carbocycles. The average molecular weight is 1150 g/mol. The molecule has 2 unspecified atom stereocenters. The average Bonchev–Trinajstić information content (AvgIpc) is 3.48. The maximum atomic E-state index is 12.5. The Balaban J connectivity index is 3.37. The van der Waals surface area contributed by atoms with Gasteiger partial charge in [0, 0.05) is 12.8 Å². The molecule has 0 fully saturated rings. The second-order valence-electron chi connectivity index (χ2n) is 25.3. The van der Waals surface area contributed by atoms with Crippen LogP contribution in [-0.4, -0.2) is 47.4 Å². The molecule has 0 spiro atoms. The number of carbonyl (C=O) groups excluding carboxylic acids is 2. The van der Waals surface area contributed by atoms with Crippen LogP contribution in [0.3, 0.4) is 0 Å². The van der Waals surface area contributed by atoms with Crippen LogP contribution in [0.25, 0.3) is 0 Å². The van der Waals surface area contributed by atoms with Crippen molar-refractivity contribution < 1.29 is 24.5 Å². The number of aliphatic hydroxyl groups excluding tert-OH is 2. The highest BCUT2D eigenvalue weighted by Crippen LogP contribution is 2.18. The number of allylic oxidation sites excluding steroid dienone is 7. The van der Waals surface area contributed by atoms with Gasteiger partial charge in [-0.2, -0.15) is 0 Å². The van der Waals surface area contributed by atoms with Crippen molar-refractivity contribution in [2.45, 2.75) is 411 Å². The van der Waals surface area contributed by atoms with Crippen LogP contribution in [-0.2, 0) is 14.3 Å². The van der Waals surface area contributed by atoms with Crippen molar-refractivity contribution in [1.29, 1.82) is 0 Å². The van der Waals surface area contributed by atoms with Gasteiger partial charge >= 0.3 is 5.97 Å². The number of rotatable bonds is 69. The highest BCUT2D eigenvalue weighted by atomic mass is 16.5. The number of unbranched alkanes of at least 4 members (excludes halogenated alkanes) is 52. The smallest absolute Gasteiger partial charge is 0.305 e. The molecule has 1 amide bonds. The zero-order chi connectivity index (χ0) is 59.2. The Labute approximate surface area is 512 Å². The molecule has 0 rings (SSSR count). The van der Waals surface area contributed by atoms with Gasteiger partial charge in [0.05, 0.1) is 25.4 Å². The molecule has 0 aromatic heterocycles. The van der Waals surface area contributed by atoms with Gasteiger partial charge in [0.15, 0.2) is 0 Å². The van der Waals surface area contributed by atoms with E-state index >= 15 is 0 Å². The summed E-state index contributed by atoms with van der Waals surface area (Å²) in [7, 11) is 0. The Morgan fingerprint density at radius 1 is 0.341 bits per heavy atom. The second kappa shape index (κ2) is 71.3. The van der Waals surface area contributed by atoms with Crippen LogP contribution in [0.1, 0.15) is 399 Å². The zero-order valence-corrected chi connectivity index (χ0v) is 55.2. The first kappa shape index (κ1) is 79.8. The van der Waals surface area contributed by atoms with E-state index in [2.05, 4.69) is 55.6 Å². The Kier molecular flexibility index (Phi) is 69.4. The fourth-order valence-electron chi connectivity index (χ4n) is 11.4. The number of esters is 1. The summed E-state index contributed by atoms with van der Waals surface area (Å²) in [5, 5.41) is 23.2. The van der Waals surface area contributed by atoms with Gasteiger partial charge in [0.1, 0.15) is 0 Å². The molecule has 0 saturated carbocycles. The Morgan fingerprint density at radius 2 is 0.610 bits per heavy atom. The lowest BCUT2D eigenvalue weighted by Crippen LogP contribution is -2.45. The van der Waals surface area contributed by atoms with E-state index in [-0.39, 0.29) is 18.5 Å². The van der Waals surface area contributed by atoms with Gasteiger partial charge in [-0.1, -0.05) is 345 Å². The first-order valence-electron chi connectivity index (χ1n) is 36.9. The molecule has 0 saturated heterocycles. The van der Waals surface area contributed by atoms with Crippen molar-refractivity contribution in [2.24, 2.45) is 0 Å². The topological polar surface area (TPSA) is 95.9 Å². The third-order valence-electron chi connectivity index (χ3n) is 17.1. The minimum atomic E-state index is -0.843. The van der Waals surface area contributed by atoms with Gasteiger partial charge in [-0.15, -0.1) is 0 Å². The van der Waals surface area contributed by atoms with Crippen molar-refractivity contribution >= 4 is 11.9 Å². The maximum absolute atomic E-state index is 12.5. The Morgan fingerprint density at radius 3 is 0.963 bits per heavy atom. The summed E-state index contributed by atoms with van der Waals surface area (Å²) in [4.78, 5) is 24.6. The predicted molar refractivity (Wildman–Crippen MR) is 361 cm³/mol. The van der Waals surface area contributed by atoms with Crippen molar-refractivity contribution in [2.75, 3.05) is 13.2 Å². The SMILES string of the molecule is CCCCC/C=C\C/C=C\CCCCCCCCCC(=O)OCCCCCCCCCCCCCC/C=C\CCCCCCCCCCCCCCCCCCC(=O)NC(CO)C(O)/C=C/CCCCCCCCCCCCCCCC. The second-order valence-corrected chi connectivity index (χ2v) is 25.3. The van der Waals surface area contributed by atoms with Crippen molar-refractivity contribution in [3.05, 3.63) is 48.6 Å². The highest BCUT2D eigenvalue weighted by molar-refractivity contribution is 5.76. The molecule has 0 radical (unpaired) electrons. The normalized spacial score (nSPS) is 12.8. The van der Waals surface area contributed by atoms with Crippen molar-refractivity contribution in [3.8, 4) is 0 Å². The molecule has 0 aliphatic rings. The van der Waals surface area contributed by atoms with Gasteiger partial charge in [-0.3, -0.25) is 9.59 Å². The summed E-state index contributed by atoms with van der Waals surface area (Å²) in [6.07, 6.45) is 93.5. The number of aliphatic hydroxyl groups is 2. The van der Waals surface area contributed by atoms with Crippen LogP contribution < -0.4 is 5.32 Å². The lowest BCUT2D eigenvalue weighted by molar-refractivity contribution is -0.143. The summed E-state index contributed by atoms with van der Waals surface area (Å²) in [5.41, 5.74) is 0. The van der Waals surface area contributed by atoms with Crippen LogP contribution >= 0.6 is 0 Å². The summed E-state index contributed by atoms with van der Waals surface area (Å²) in [6, 6.07) is -0.626. The van der Waals surface area contributed by atoms with Crippen molar-refractivity contribution in [3.63, 3.8) is 0 Å². The Bertz CT molecular complexity index is 1370. The van der Waals surface area contributed by atoms with Crippen LogP contribution in [0.2, 0.25) is 0 Å².